The van der Waals surface area contributed by atoms with E-state index < -0.39 is 0 Å². The molecule has 2 atom stereocenters. The normalized spacial score (nSPS) is 20.4. The molecule has 46 heavy (non-hydrogen) atoms. The fourth-order valence-corrected chi connectivity index (χ4v) is 8.38. The van der Waals surface area contributed by atoms with E-state index in [9.17, 15) is 4.79 Å². The number of amidine groups is 1. The van der Waals surface area contributed by atoms with E-state index in [-0.39, 0.29) is 17.7 Å². The van der Waals surface area contributed by atoms with Crippen LogP contribution in [-0.2, 0) is 4.79 Å². The first-order valence-electron chi connectivity index (χ1n) is 15.5. The van der Waals surface area contributed by atoms with Crippen LogP contribution < -0.4 is 19.7 Å². The van der Waals surface area contributed by atoms with E-state index in [1.807, 2.05) is 18.2 Å². The molecule has 1 N–H and O–H groups in total. The lowest BCUT2D eigenvalue weighted by Crippen LogP contribution is -2.37. The van der Waals surface area contributed by atoms with E-state index in [1.54, 1.807) is 13.2 Å². The molecule has 4 aromatic carbocycles. The second-order valence-electron chi connectivity index (χ2n) is 11.6. The maximum absolute atomic E-state index is 13.2. The van der Waals surface area contributed by atoms with Crippen LogP contribution in [0.15, 0.2) is 107 Å². The molecule has 6 nitrogen and oxygen atoms in total. The number of hydrogen-bond acceptors (Lipinski definition) is 6. The molecule has 7 rings (SSSR count). The van der Waals surface area contributed by atoms with Crippen molar-refractivity contribution in [1.82, 2.24) is 5.32 Å². The van der Waals surface area contributed by atoms with Crippen LogP contribution in [0.1, 0.15) is 52.5 Å². The molecule has 1 amide bonds. The van der Waals surface area contributed by atoms with E-state index in [1.165, 1.54) is 39.7 Å². The zero-order valence-corrected chi connectivity index (χ0v) is 28.5. The summed E-state index contributed by atoms with van der Waals surface area (Å²) in [7, 11) is 1.61. The van der Waals surface area contributed by atoms with Crippen LogP contribution in [0.5, 0.6) is 11.5 Å². The van der Waals surface area contributed by atoms with Gasteiger partial charge in [-0.25, -0.2) is 4.99 Å². The number of methoxy groups -OCH3 is 1. The first-order valence-corrected chi connectivity index (χ1v) is 17.4. The zero-order valence-electron chi connectivity index (χ0n) is 25.5. The van der Waals surface area contributed by atoms with Gasteiger partial charge in [0.2, 0.25) is 0 Å². The van der Waals surface area contributed by atoms with Crippen molar-refractivity contribution in [1.29, 1.82) is 0 Å². The predicted octanol–water partition coefficient (Wildman–Crippen LogP) is 8.63. The number of anilines is 1. The number of carbonyl (C=O) groups is 1. The Bertz CT molecular complexity index is 1790. The summed E-state index contributed by atoms with van der Waals surface area (Å²) in [5.41, 5.74) is 8.37. The van der Waals surface area contributed by atoms with Gasteiger partial charge >= 0.3 is 0 Å². The fourth-order valence-electron chi connectivity index (χ4n) is 6.76. The van der Waals surface area contributed by atoms with Gasteiger partial charge < -0.3 is 19.7 Å². The Hall–Kier alpha value is -4.02. The average molecular weight is 740 g/mol. The molecule has 3 heterocycles. The van der Waals surface area contributed by atoms with E-state index >= 15 is 0 Å². The van der Waals surface area contributed by atoms with E-state index in [4.69, 9.17) is 14.5 Å². The molecule has 3 aliphatic rings. The lowest BCUT2D eigenvalue weighted by atomic mass is 9.76. The third-order valence-electron chi connectivity index (χ3n) is 8.78. The van der Waals surface area contributed by atoms with E-state index in [0.29, 0.717) is 28.2 Å². The van der Waals surface area contributed by atoms with Gasteiger partial charge in [-0.3, -0.25) is 4.79 Å². The molecule has 4 aromatic rings. The maximum atomic E-state index is 13.2. The molecular formula is C38H34IN3O3S. The summed E-state index contributed by atoms with van der Waals surface area (Å²) in [6.07, 6.45) is 5.69. The summed E-state index contributed by atoms with van der Waals surface area (Å²) in [6.45, 7) is 6.19. The second-order valence-corrected chi connectivity index (χ2v) is 13.8. The number of halogens is 1. The van der Waals surface area contributed by atoms with Gasteiger partial charge in [-0.15, -0.1) is 0 Å². The summed E-state index contributed by atoms with van der Waals surface area (Å²) in [5.74, 6) is 1.68. The van der Waals surface area contributed by atoms with Gasteiger partial charge in [0.1, 0.15) is 6.61 Å². The number of ether oxygens (including phenoxy) is 2. The van der Waals surface area contributed by atoms with Crippen molar-refractivity contribution in [2.45, 2.75) is 24.7 Å². The zero-order chi connectivity index (χ0) is 31.6. The third-order valence-corrected chi connectivity index (χ3v) is 10.5. The summed E-state index contributed by atoms with van der Waals surface area (Å²) >= 11 is 3.58. The van der Waals surface area contributed by atoms with Crippen molar-refractivity contribution in [3.05, 3.63) is 134 Å². The fraction of sp³-hybridized carbons (Fsp3) is 0.211. The first-order chi connectivity index (χ1) is 22.5. The lowest BCUT2D eigenvalue weighted by molar-refractivity contribution is -0.115. The largest absolute Gasteiger partial charge is 0.493 e. The number of nitrogens with zero attached hydrogens (tertiary/aromatic N) is 2. The van der Waals surface area contributed by atoms with Gasteiger partial charge in [-0.1, -0.05) is 73.3 Å². The minimum Gasteiger partial charge on any atom is -0.493 e. The predicted molar refractivity (Wildman–Crippen MR) is 197 cm³/mol. The lowest BCUT2D eigenvalue weighted by Gasteiger charge is -2.43. The van der Waals surface area contributed by atoms with Crippen LogP contribution in [0, 0.1) is 3.57 Å². The molecule has 0 aromatic heterocycles. The molecular weight excluding hydrogens is 705 g/mol. The highest BCUT2D eigenvalue weighted by Crippen LogP contribution is 2.50. The standard InChI is InChI=1S/C38H34IN3O3S/c1-3-18-45-36-32(39)19-24(20-33(36)44-2)21-34-37(43)41-38(46-34)40-27-22-30-28(25-10-6-4-7-11-25)14-16-42-17-15-29(31(23-27)35(30)42)26-12-8-5-9-13-26/h3-13,19-23,28-29H,1,14-18H2,2H3,(H,40,41,43)/b34-21-/t28-,29-/m0/s1. The van der Waals surface area contributed by atoms with Gasteiger partial charge in [0, 0.05) is 30.6 Å². The highest BCUT2D eigenvalue weighted by molar-refractivity contribution is 14.1. The average Bonchev–Trinajstić information content (AvgIpc) is 3.42. The Morgan fingerprint density at radius 3 is 2.20 bits per heavy atom. The van der Waals surface area contributed by atoms with Crippen molar-refractivity contribution >= 4 is 62.9 Å². The highest BCUT2D eigenvalue weighted by atomic mass is 127. The molecule has 1 saturated heterocycles. The van der Waals surface area contributed by atoms with E-state index in [2.05, 4.69) is 112 Å². The number of hydrogen-bond donors (Lipinski definition) is 1. The van der Waals surface area contributed by atoms with Crippen LogP contribution in [-0.4, -0.2) is 37.9 Å². The summed E-state index contributed by atoms with van der Waals surface area (Å²) < 4.78 is 12.3. The highest BCUT2D eigenvalue weighted by Gasteiger charge is 2.35. The third kappa shape index (κ3) is 6.08. The van der Waals surface area contributed by atoms with Crippen molar-refractivity contribution in [2.75, 3.05) is 31.7 Å². The minimum absolute atomic E-state index is 0.167. The Balaban J connectivity index is 1.26. The SMILES string of the molecule is C=CCOc1c(I)cc(/C=C2\SC(=Nc3cc4c5c(c3)[C@H](c3ccccc3)CCN5CC[C@H]4c3ccccc3)NC2=O)cc1OC. The van der Waals surface area contributed by atoms with Crippen molar-refractivity contribution in [2.24, 2.45) is 4.99 Å². The Kier molecular flexibility index (Phi) is 8.90. The molecule has 0 unspecified atom stereocenters. The number of amides is 1. The molecule has 0 saturated carbocycles. The molecule has 0 bridgehead atoms. The Morgan fingerprint density at radius 2 is 1.61 bits per heavy atom. The molecule has 0 aliphatic carbocycles. The Labute approximate surface area is 287 Å². The topological polar surface area (TPSA) is 63.2 Å². The van der Waals surface area contributed by atoms with Gasteiger partial charge in [-0.05, 0) is 105 Å². The number of carbonyl (C=O) groups excluding carboxylic acids is 1. The summed E-state index contributed by atoms with van der Waals surface area (Å²) in [6, 6.07) is 30.0. The van der Waals surface area contributed by atoms with Gasteiger partial charge in [-0.2, -0.15) is 0 Å². The van der Waals surface area contributed by atoms with Gasteiger partial charge in [0.25, 0.3) is 5.91 Å². The van der Waals surface area contributed by atoms with Crippen LogP contribution in [0.2, 0.25) is 0 Å². The molecule has 232 valence electrons. The molecule has 3 aliphatic heterocycles. The van der Waals surface area contributed by atoms with Crippen LogP contribution in [0.25, 0.3) is 6.08 Å². The summed E-state index contributed by atoms with van der Waals surface area (Å²) in [4.78, 5) is 21.3. The van der Waals surface area contributed by atoms with Crippen molar-refractivity contribution in [3.8, 4) is 11.5 Å². The molecule has 1 fully saturated rings. The molecule has 0 spiro atoms. The summed E-state index contributed by atoms with van der Waals surface area (Å²) in [5, 5.41) is 3.58. The minimum atomic E-state index is -0.167. The van der Waals surface area contributed by atoms with E-state index in [0.717, 1.165) is 40.8 Å². The maximum Gasteiger partial charge on any atom is 0.264 e. The smallest absolute Gasteiger partial charge is 0.264 e. The van der Waals surface area contributed by atoms with Crippen LogP contribution in [0.3, 0.4) is 0 Å². The second kappa shape index (κ2) is 13.4. The van der Waals surface area contributed by atoms with Gasteiger partial charge in [0.15, 0.2) is 16.7 Å². The van der Waals surface area contributed by atoms with Crippen molar-refractivity contribution < 1.29 is 14.3 Å². The van der Waals surface area contributed by atoms with Crippen molar-refractivity contribution in [3.63, 3.8) is 0 Å². The number of nitrogens with one attached hydrogen (secondary N) is 1. The Morgan fingerprint density at radius 1 is 0.978 bits per heavy atom. The monoisotopic (exact) mass is 739 g/mol. The molecule has 8 heteroatoms. The molecule has 0 radical (unpaired) electrons. The number of aliphatic imine (C=N–C) groups is 1. The quantitative estimate of drug-likeness (QED) is 0.111. The number of benzene rings is 4. The number of rotatable bonds is 8. The first kappa shape index (κ1) is 30.6. The van der Waals surface area contributed by atoms with Gasteiger partial charge in [0.05, 0.1) is 21.3 Å². The number of thioether (sulfide) groups is 1. The van der Waals surface area contributed by atoms with Crippen LogP contribution >= 0.6 is 34.4 Å². The van der Waals surface area contributed by atoms with Crippen LogP contribution in [0.4, 0.5) is 11.4 Å².